The summed E-state index contributed by atoms with van der Waals surface area (Å²) in [7, 11) is 4.74. The van der Waals surface area contributed by atoms with Gasteiger partial charge < -0.3 is 10.2 Å². The van der Waals surface area contributed by atoms with E-state index in [1.165, 1.54) is 18.9 Å². The zero-order valence-corrected chi connectivity index (χ0v) is 11.3. The van der Waals surface area contributed by atoms with Crippen LogP contribution < -0.4 is 15.9 Å². The van der Waals surface area contributed by atoms with Crippen molar-refractivity contribution in [3.05, 3.63) is 10.5 Å². The molecule has 0 radical (unpaired) electrons. The fourth-order valence-electron chi connectivity index (χ4n) is 1.36. The summed E-state index contributed by atoms with van der Waals surface area (Å²) < 4.78 is 27.0. The number of carbonyl (C=O) groups excluding carboxylic acids is 1. The standard InChI is InChI=1S/C10H17F2N5O2/c1-10(5-11,6-12)13-8(18)17-9(19)16(4)7(14-17)15(2)3/h5-6H2,1-4H3,(H,13,18). The Morgan fingerprint density at radius 1 is 1.42 bits per heavy atom. The van der Waals surface area contributed by atoms with Crippen LogP contribution >= 0.6 is 0 Å². The van der Waals surface area contributed by atoms with Crippen LogP contribution in [0.15, 0.2) is 4.79 Å². The van der Waals surface area contributed by atoms with Gasteiger partial charge in [-0.25, -0.2) is 18.4 Å². The molecule has 0 bridgehead atoms. The molecule has 19 heavy (non-hydrogen) atoms. The zero-order valence-electron chi connectivity index (χ0n) is 11.3. The molecule has 108 valence electrons. The van der Waals surface area contributed by atoms with Gasteiger partial charge in [0.2, 0.25) is 5.95 Å². The summed E-state index contributed by atoms with van der Waals surface area (Å²) in [5.74, 6) is 0.252. The number of nitrogens with zero attached hydrogens (tertiary/aromatic N) is 4. The van der Waals surface area contributed by atoms with Crippen LogP contribution in [0, 0.1) is 0 Å². The molecule has 0 saturated heterocycles. The van der Waals surface area contributed by atoms with Crippen molar-refractivity contribution in [2.75, 3.05) is 32.3 Å². The van der Waals surface area contributed by atoms with Gasteiger partial charge in [0, 0.05) is 21.1 Å². The number of halogens is 2. The smallest absolute Gasteiger partial charge is 0.347 e. The van der Waals surface area contributed by atoms with Crippen LogP contribution in [0.1, 0.15) is 6.92 Å². The van der Waals surface area contributed by atoms with Crippen molar-refractivity contribution in [1.82, 2.24) is 19.7 Å². The third kappa shape index (κ3) is 2.91. The number of hydrogen-bond acceptors (Lipinski definition) is 4. The van der Waals surface area contributed by atoms with E-state index in [-0.39, 0.29) is 5.95 Å². The molecule has 9 heteroatoms. The van der Waals surface area contributed by atoms with Crippen LogP contribution in [0.5, 0.6) is 0 Å². The molecule has 0 aliphatic heterocycles. The number of hydrogen-bond donors (Lipinski definition) is 1. The first-order valence-corrected chi connectivity index (χ1v) is 5.53. The topological polar surface area (TPSA) is 72.2 Å². The van der Waals surface area contributed by atoms with Crippen molar-refractivity contribution < 1.29 is 13.6 Å². The molecule has 7 nitrogen and oxygen atoms in total. The van der Waals surface area contributed by atoms with Crippen LogP contribution in [-0.4, -0.2) is 53.4 Å². The minimum Gasteiger partial charge on any atom is -0.347 e. The van der Waals surface area contributed by atoms with Crippen molar-refractivity contribution in [2.45, 2.75) is 12.5 Å². The minimum absolute atomic E-state index is 0.252. The third-order valence-corrected chi connectivity index (χ3v) is 2.55. The van der Waals surface area contributed by atoms with Crippen molar-refractivity contribution in [3.63, 3.8) is 0 Å². The predicted octanol–water partition coefficient (Wildman–Crippen LogP) is -0.0968. The lowest BCUT2D eigenvalue weighted by atomic mass is 10.1. The molecule has 0 aromatic carbocycles. The molecule has 0 aliphatic carbocycles. The summed E-state index contributed by atoms with van der Waals surface area (Å²) in [5.41, 5.74) is -2.35. The van der Waals surface area contributed by atoms with E-state index in [1.54, 1.807) is 14.1 Å². The number of aromatic nitrogens is 3. The lowest BCUT2D eigenvalue weighted by Crippen LogP contribution is -2.53. The van der Waals surface area contributed by atoms with Gasteiger partial charge in [0.15, 0.2) is 0 Å². The molecule has 0 fully saturated rings. The molecule has 0 saturated carbocycles. The molecule has 1 amide bonds. The Balaban J connectivity index is 3.08. The Hall–Kier alpha value is -1.93. The van der Waals surface area contributed by atoms with Crippen molar-refractivity contribution in [3.8, 4) is 0 Å². The van der Waals surface area contributed by atoms with Gasteiger partial charge in [0.05, 0.1) is 5.54 Å². The van der Waals surface area contributed by atoms with Gasteiger partial charge in [-0.05, 0) is 6.92 Å². The SMILES string of the molecule is CN(C)c1nn(C(=O)NC(C)(CF)CF)c(=O)n1C. The average Bonchev–Trinajstić information content (AvgIpc) is 2.66. The van der Waals surface area contributed by atoms with Gasteiger partial charge in [-0.3, -0.25) is 4.57 Å². The number of anilines is 1. The maximum absolute atomic E-state index is 12.7. The lowest BCUT2D eigenvalue weighted by molar-refractivity contribution is 0.192. The first-order chi connectivity index (χ1) is 8.75. The van der Waals surface area contributed by atoms with E-state index in [9.17, 15) is 18.4 Å². The molecule has 0 aliphatic rings. The van der Waals surface area contributed by atoms with Crippen molar-refractivity contribution >= 4 is 12.0 Å². The lowest BCUT2D eigenvalue weighted by Gasteiger charge is -2.23. The minimum atomic E-state index is -1.66. The van der Waals surface area contributed by atoms with Crippen LogP contribution in [0.25, 0.3) is 0 Å². The van der Waals surface area contributed by atoms with E-state index < -0.39 is 30.6 Å². The molecule has 1 aromatic heterocycles. The summed E-state index contributed by atoms with van der Waals surface area (Å²) in [5, 5.41) is 5.91. The Kier molecular flexibility index (Phi) is 4.28. The second kappa shape index (κ2) is 5.37. The highest BCUT2D eigenvalue weighted by Gasteiger charge is 2.29. The highest BCUT2D eigenvalue weighted by atomic mass is 19.1. The van der Waals surface area contributed by atoms with E-state index in [2.05, 4.69) is 10.4 Å². The number of carbonyl (C=O) groups is 1. The largest absolute Gasteiger partial charge is 0.355 e. The van der Waals surface area contributed by atoms with Gasteiger partial charge in [0.1, 0.15) is 13.3 Å². The summed E-state index contributed by atoms with van der Waals surface area (Å²) in [6, 6.07) is -0.966. The van der Waals surface area contributed by atoms with Crippen LogP contribution in [-0.2, 0) is 7.05 Å². The average molecular weight is 277 g/mol. The van der Waals surface area contributed by atoms with Crippen molar-refractivity contribution in [1.29, 1.82) is 0 Å². The molecule has 0 spiro atoms. The van der Waals surface area contributed by atoms with Crippen molar-refractivity contribution in [2.24, 2.45) is 7.05 Å². The Labute approximate surface area is 108 Å². The maximum atomic E-state index is 12.7. The zero-order chi connectivity index (χ0) is 14.8. The van der Waals surface area contributed by atoms with Crippen LogP contribution in [0.4, 0.5) is 19.5 Å². The second-order valence-corrected chi connectivity index (χ2v) is 4.71. The van der Waals surface area contributed by atoms with Gasteiger partial charge in [-0.2, -0.15) is 0 Å². The number of rotatable bonds is 4. The van der Waals surface area contributed by atoms with Gasteiger partial charge in [-0.1, -0.05) is 0 Å². The Morgan fingerprint density at radius 2 is 1.95 bits per heavy atom. The number of nitrogens with one attached hydrogen (secondary N) is 1. The molecule has 1 rings (SSSR count). The van der Waals surface area contributed by atoms with Gasteiger partial charge in [0.25, 0.3) is 0 Å². The number of amides is 1. The molecular weight excluding hydrogens is 260 g/mol. The molecule has 0 unspecified atom stereocenters. The second-order valence-electron chi connectivity index (χ2n) is 4.71. The normalized spacial score (nSPS) is 11.5. The van der Waals surface area contributed by atoms with E-state index in [1.807, 2.05) is 0 Å². The fraction of sp³-hybridized carbons (Fsp3) is 0.700. The summed E-state index contributed by atoms with van der Waals surface area (Å²) in [6.07, 6.45) is 0. The molecule has 0 atom stereocenters. The van der Waals surface area contributed by atoms with E-state index >= 15 is 0 Å². The Morgan fingerprint density at radius 3 is 2.32 bits per heavy atom. The third-order valence-electron chi connectivity index (χ3n) is 2.55. The first kappa shape index (κ1) is 15.1. The predicted molar refractivity (Wildman–Crippen MR) is 66.1 cm³/mol. The summed E-state index contributed by atoms with van der Waals surface area (Å²) in [6.45, 7) is -0.972. The van der Waals surface area contributed by atoms with Crippen LogP contribution in [0.2, 0.25) is 0 Å². The summed E-state index contributed by atoms with van der Waals surface area (Å²) in [4.78, 5) is 25.1. The molecule has 1 heterocycles. The number of alkyl halides is 2. The Bertz CT molecular complexity index is 518. The molecule has 1 aromatic rings. The summed E-state index contributed by atoms with van der Waals surface area (Å²) >= 11 is 0. The quantitative estimate of drug-likeness (QED) is 0.834. The van der Waals surface area contributed by atoms with E-state index in [0.29, 0.717) is 4.68 Å². The molecular formula is C10H17F2N5O2. The van der Waals surface area contributed by atoms with E-state index in [0.717, 1.165) is 4.57 Å². The first-order valence-electron chi connectivity index (χ1n) is 5.53. The maximum Gasteiger partial charge on any atom is 0.355 e. The van der Waals surface area contributed by atoms with E-state index in [4.69, 9.17) is 0 Å². The van der Waals surface area contributed by atoms with Crippen LogP contribution in [0.3, 0.4) is 0 Å². The highest BCUT2D eigenvalue weighted by Crippen LogP contribution is 2.06. The fourth-order valence-corrected chi connectivity index (χ4v) is 1.36. The highest BCUT2D eigenvalue weighted by molar-refractivity contribution is 5.76. The molecule has 1 N–H and O–H groups in total. The monoisotopic (exact) mass is 277 g/mol. The van der Waals surface area contributed by atoms with Gasteiger partial charge in [-0.15, -0.1) is 9.78 Å². The van der Waals surface area contributed by atoms with Gasteiger partial charge >= 0.3 is 11.7 Å².